The molecule has 1 aliphatic heterocycles. The van der Waals surface area contributed by atoms with Gasteiger partial charge in [0.2, 0.25) is 5.91 Å². The molecule has 6 heteroatoms. The molecule has 1 amide bonds. The Hall–Kier alpha value is -1.40. The van der Waals surface area contributed by atoms with E-state index in [1.165, 1.54) is 14.0 Å². The monoisotopic (exact) mass is 325 g/mol. The molecule has 0 unspecified atom stereocenters. The Balaban J connectivity index is 2.47. The fourth-order valence-corrected chi connectivity index (χ4v) is 3.97. The zero-order valence-corrected chi connectivity index (χ0v) is 14.0. The van der Waals surface area contributed by atoms with Gasteiger partial charge in [-0.25, -0.2) is 4.79 Å². The number of hydrogen-bond donors (Lipinski definition) is 3. The molecule has 0 saturated carbocycles. The zero-order chi connectivity index (χ0) is 17.3. The predicted molar refractivity (Wildman–Crippen MR) is 84.4 cm³/mol. The Labute approximate surface area is 136 Å². The highest BCUT2D eigenvalue weighted by atomic mass is 16.5. The van der Waals surface area contributed by atoms with Crippen molar-refractivity contribution in [1.82, 2.24) is 5.32 Å². The van der Waals surface area contributed by atoms with Crippen LogP contribution >= 0.6 is 0 Å². The Morgan fingerprint density at radius 2 is 2.26 bits per heavy atom. The number of aliphatic hydroxyl groups is 2. The van der Waals surface area contributed by atoms with E-state index < -0.39 is 35.0 Å². The number of nitrogens with one attached hydrogen (secondary N) is 1. The number of esters is 1. The third kappa shape index (κ3) is 2.68. The van der Waals surface area contributed by atoms with Gasteiger partial charge >= 0.3 is 5.97 Å². The van der Waals surface area contributed by atoms with Crippen molar-refractivity contribution < 1.29 is 24.5 Å². The van der Waals surface area contributed by atoms with Crippen LogP contribution in [0.2, 0.25) is 0 Å². The molecule has 3 N–H and O–H groups in total. The van der Waals surface area contributed by atoms with Crippen LogP contribution in [0.15, 0.2) is 12.2 Å². The maximum absolute atomic E-state index is 12.6. The molecule has 0 aromatic heterocycles. The number of carbonyl (C=O) groups excluding carboxylic acids is 2. The minimum atomic E-state index is -1.84. The maximum atomic E-state index is 12.6. The summed E-state index contributed by atoms with van der Waals surface area (Å²) in [6.07, 6.45) is 6.20. The van der Waals surface area contributed by atoms with Gasteiger partial charge in [0.05, 0.1) is 19.1 Å². The van der Waals surface area contributed by atoms with Crippen LogP contribution in [0.25, 0.3) is 0 Å². The molecule has 0 spiro atoms. The lowest BCUT2D eigenvalue weighted by Crippen LogP contribution is -2.70. The Kier molecular flexibility index (Phi) is 5.16. The second kappa shape index (κ2) is 6.61. The second-order valence-corrected chi connectivity index (χ2v) is 6.75. The summed E-state index contributed by atoms with van der Waals surface area (Å²) in [5.41, 5.74) is -3.57. The highest BCUT2D eigenvalue weighted by Crippen LogP contribution is 2.44. The first-order valence-corrected chi connectivity index (χ1v) is 8.30. The van der Waals surface area contributed by atoms with Gasteiger partial charge in [0.15, 0.2) is 5.54 Å². The number of amides is 1. The normalized spacial score (nSPS) is 38.2. The summed E-state index contributed by atoms with van der Waals surface area (Å²) in [6, 6.07) is 0. The Bertz CT molecular complexity index is 501. The van der Waals surface area contributed by atoms with Gasteiger partial charge in [0.1, 0.15) is 5.60 Å². The molecule has 0 bridgehead atoms. The highest BCUT2D eigenvalue weighted by molar-refractivity contribution is 5.96. The number of rotatable bonds is 5. The summed E-state index contributed by atoms with van der Waals surface area (Å²) in [5.74, 6) is -2.29. The number of aliphatic hydroxyl groups excluding tert-OH is 1. The van der Waals surface area contributed by atoms with Crippen molar-refractivity contribution in [2.45, 2.75) is 63.2 Å². The minimum absolute atomic E-state index is 0.310. The topological polar surface area (TPSA) is 95.9 Å². The molecule has 0 aromatic rings. The van der Waals surface area contributed by atoms with Crippen molar-refractivity contribution in [3.05, 3.63) is 12.2 Å². The summed E-state index contributed by atoms with van der Waals surface area (Å²) in [5, 5.41) is 24.6. The van der Waals surface area contributed by atoms with Gasteiger partial charge in [-0.2, -0.15) is 0 Å². The number of methoxy groups -OCH3 is 1. The molecule has 2 rings (SSSR count). The van der Waals surface area contributed by atoms with Gasteiger partial charge in [-0.05, 0) is 32.6 Å². The van der Waals surface area contributed by atoms with Crippen LogP contribution in [-0.2, 0) is 14.3 Å². The molecule has 5 atom stereocenters. The van der Waals surface area contributed by atoms with Gasteiger partial charge in [0, 0.05) is 5.92 Å². The van der Waals surface area contributed by atoms with E-state index in [-0.39, 0.29) is 5.92 Å². The van der Waals surface area contributed by atoms with Crippen molar-refractivity contribution in [3.63, 3.8) is 0 Å². The Morgan fingerprint density at radius 3 is 2.78 bits per heavy atom. The van der Waals surface area contributed by atoms with Crippen molar-refractivity contribution in [3.8, 4) is 0 Å². The summed E-state index contributed by atoms with van der Waals surface area (Å²) < 4.78 is 4.86. The number of carbonyl (C=O) groups is 2. The van der Waals surface area contributed by atoms with Crippen LogP contribution in [0.5, 0.6) is 0 Å². The van der Waals surface area contributed by atoms with Crippen LogP contribution < -0.4 is 5.32 Å². The molecule has 0 aromatic carbocycles. The van der Waals surface area contributed by atoms with E-state index in [0.717, 1.165) is 12.8 Å². The number of ether oxygens (including phenoxy) is 1. The first-order chi connectivity index (χ1) is 10.8. The molecule has 0 radical (unpaired) electrons. The van der Waals surface area contributed by atoms with Crippen LogP contribution in [0.3, 0.4) is 0 Å². The quantitative estimate of drug-likeness (QED) is 0.516. The van der Waals surface area contributed by atoms with Crippen molar-refractivity contribution in [2.24, 2.45) is 11.8 Å². The average molecular weight is 325 g/mol. The fourth-order valence-electron chi connectivity index (χ4n) is 3.97. The number of allylic oxidation sites excluding steroid dienone is 1. The van der Waals surface area contributed by atoms with E-state index in [1.807, 2.05) is 19.1 Å². The highest BCUT2D eigenvalue weighted by Gasteiger charge is 2.69. The predicted octanol–water partition coefficient (Wildman–Crippen LogP) is 0.912. The molecule has 6 nitrogen and oxygen atoms in total. The summed E-state index contributed by atoms with van der Waals surface area (Å²) in [6.45, 7) is 3.35. The molecule has 1 fully saturated rings. The summed E-state index contributed by atoms with van der Waals surface area (Å²) in [4.78, 5) is 24.9. The maximum Gasteiger partial charge on any atom is 0.337 e. The SMILES string of the molecule is CCC[C@H]1C(=O)N[C@](C(=O)OC)([C@@H](O)[C@@H]2C=CCCC2)[C@@]1(C)O. The van der Waals surface area contributed by atoms with Crippen molar-refractivity contribution >= 4 is 11.9 Å². The molecule has 23 heavy (non-hydrogen) atoms. The van der Waals surface area contributed by atoms with Gasteiger partial charge in [-0.3, -0.25) is 4.79 Å². The van der Waals surface area contributed by atoms with Crippen LogP contribution in [0.1, 0.15) is 46.0 Å². The lowest BCUT2D eigenvalue weighted by molar-refractivity contribution is -0.173. The molecular formula is C17H27NO5. The van der Waals surface area contributed by atoms with Crippen LogP contribution in [0.4, 0.5) is 0 Å². The van der Waals surface area contributed by atoms with E-state index in [1.54, 1.807) is 0 Å². The van der Waals surface area contributed by atoms with E-state index >= 15 is 0 Å². The molecule has 1 heterocycles. The van der Waals surface area contributed by atoms with E-state index in [0.29, 0.717) is 19.3 Å². The molecular weight excluding hydrogens is 298 g/mol. The van der Waals surface area contributed by atoms with Crippen molar-refractivity contribution in [1.29, 1.82) is 0 Å². The van der Waals surface area contributed by atoms with Gasteiger partial charge in [-0.1, -0.05) is 25.5 Å². The molecule has 2 aliphatic rings. The second-order valence-electron chi connectivity index (χ2n) is 6.75. The van der Waals surface area contributed by atoms with Gasteiger partial charge < -0.3 is 20.3 Å². The smallest absolute Gasteiger partial charge is 0.337 e. The Morgan fingerprint density at radius 1 is 1.57 bits per heavy atom. The van der Waals surface area contributed by atoms with Gasteiger partial charge in [-0.15, -0.1) is 0 Å². The van der Waals surface area contributed by atoms with Gasteiger partial charge in [0.25, 0.3) is 0 Å². The summed E-state index contributed by atoms with van der Waals surface area (Å²) >= 11 is 0. The van der Waals surface area contributed by atoms with Crippen LogP contribution in [0, 0.1) is 11.8 Å². The fraction of sp³-hybridized carbons (Fsp3) is 0.765. The van der Waals surface area contributed by atoms with Crippen molar-refractivity contribution in [2.75, 3.05) is 7.11 Å². The molecule has 1 saturated heterocycles. The molecule has 1 aliphatic carbocycles. The van der Waals surface area contributed by atoms with E-state index in [2.05, 4.69) is 5.32 Å². The molecule has 130 valence electrons. The first kappa shape index (κ1) is 17.9. The lowest BCUT2D eigenvalue weighted by atomic mass is 9.68. The number of hydrogen-bond acceptors (Lipinski definition) is 5. The average Bonchev–Trinajstić information content (AvgIpc) is 2.75. The third-order valence-corrected chi connectivity index (χ3v) is 5.34. The standard InChI is InChI=1S/C17H27NO5/c1-4-8-12-14(20)18-17(15(21)23-3,16(12,2)22)13(19)11-9-6-5-7-10-11/h6,9,11-13,19,22H,4-5,7-8,10H2,1-3H3,(H,18,20)/t11-,12+,13+,16+,17+/m1/s1. The first-order valence-electron chi connectivity index (χ1n) is 8.30. The third-order valence-electron chi connectivity index (χ3n) is 5.34. The zero-order valence-electron chi connectivity index (χ0n) is 14.0. The van der Waals surface area contributed by atoms with E-state index in [9.17, 15) is 19.8 Å². The van der Waals surface area contributed by atoms with E-state index in [4.69, 9.17) is 4.74 Å². The van der Waals surface area contributed by atoms with Crippen LogP contribution in [-0.4, -0.2) is 46.4 Å². The minimum Gasteiger partial charge on any atom is -0.467 e. The largest absolute Gasteiger partial charge is 0.467 e. The lowest BCUT2D eigenvalue weighted by Gasteiger charge is -2.44. The summed E-state index contributed by atoms with van der Waals surface area (Å²) in [7, 11) is 1.20.